The van der Waals surface area contributed by atoms with Crippen molar-refractivity contribution in [3.05, 3.63) is 29.0 Å². The summed E-state index contributed by atoms with van der Waals surface area (Å²) in [6, 6.07) is 5.88. The fourth-order valence-electron chi connectivity index (χ4n) is 1.98. The molecule has 0 N–H and O–H groups in total. The Balaban J connectivity index is 2.57. The molecular formula is C14H18Cl2N2. The predicted octanol–water partition coefficient (Wildman–Crippen LogP) is 4.86. The summed E-state index contributed by atoms with van der Waals surface area (Å²) in [6.45, 7) is 7.61. The van der Waals surface area contributed by atoms with Crippen LogP contribution in [-0.4, -0.2) is 9.55 Å². The third kappa shape index (κ3) is 2.50. The van der Waals surface area contributed by atoms with Crippen LogP contribution in [0.5, 0.6) is 0 Å². The number of hydrogen-bond acceptors (Lipinski definition) is 1. The molecule has 2 aromatic rings. The van der Waals surface area contributed by atoms with E-state index in [9.17, 15) is 0 Å². The first-order valence-corrected chi connectivity index (χ1v) is 7.09. The molecule has 4 heteroatoms. The molecular weight excluding hydrogens is 267 g/mol. The van der Waals surface area contributed by atoms with Gasteiger partial charge in [0.2, 0.25) is 0 Å². The van der Waals surface area contributed by atoms with E-state index in [0.717, 1.165) is 29.8 Å². The minimum absolute atomic E-state index is 0.219. The smallest absolute Gasteiger partial charge is 0.124 e. The third-order valence-electron chi connectivity index (χ3n) is 3.47. The number of para-hydroxylation sites is 1. The van der Waals surface area contributed by atoms with Gasteiger partial charge in [0.25, 0.3) is 0 Å². The number of nitrogens with zero attached hydrogens (tertiary/aromatic N) is 2. The number of alkyl halides is 1. The molecule has 0 fully saturated rings. The van der Waals surface area contributed by atoms with Gasteiger partial charge < -0.3 is 4.57 Å². The Hall–Kier alpha value is -0.730. The van der Waals surface area contributed by atoms with E-state index in [-0.39, 0.29) is 5.41 Å². The van der Waals surface area contributed by atoms with Gasteiger partial charge in [-0.1, -0.05) is 38.4 Å². The van der Waals surface area contributed by atoms with Crippen molar-refractivity contribution in [3.63, 3.8) is 0 Å². The van der Waals surface area contributed by atoms with Crippen LogP contribution in [0.3, 0.4) is 0 Å². The van der Waals surface area contributed by atoms with Crippen LogP contribution in [0.4, 0.5) is 0 Å². The Bertz CT molecular complexity index is 558. The largest absolute Gasteiger partial charge is 0.326 e. The molecule has 0 amide bonds. The van der Waals surface area contributed by atoms with Gasteiger partial charge in [-0.2, -0.15) is 0 Å². The maximum Gasteiger partial charge on any atom is 0.124 e. The number of rotatable bonds is 4. The summed E-state index contributed by atoms with van der Waals surface area (Å²) >= 11 is 12.2. The van der Waals surface area contributed by atoms with Crippen molar-refractivity contribution >= 4 is 34.2 Å². The molecule has 98 valence electrons. The Morgan fingerprint density at radius 1 is 1.33 bits per heavy atom. The average Bonchev–Trinajstić information content (AvgIpc) is 2.69. The van der Waals surface area contributed by atoms with Crippen molar-refractivity contribution < 1.29 is 0 Å². The van der Waals surface area contributed by atoms with Crippen molar-refractivity contribution in [2.75, 3.05) is 0 Å². The SMILES string of the molecule is CCC(C)(C)Cn1c(CCl)nc2c(Cl)cccc21. The molecule has 0 radical (unpaired) electrons. The van der Waals surface area contributed by atoms with Gasteiger partial charge in [-0.05, 0) is 24.0 Å². The Kier molecular flexibility index (Phi) is 3.88. The lowest BCUT2D eigenvalue weighted by Crippen LogP contribution is -2.19. The molecule has 1 aromatic carbocycles. The maximum atomic E-state index is 6.19. The summed E-state index contributed by atoms with van der Waals surface area (Å²) in [5, 5.41) is 0.687. The number of benzene rings is 1. The summed E-state index contributed by atoms with van der Waals surface area (Å²) in [6.07, 6.45) is 1.11. The lowest BCUT2D eigenvalue weighted by atomic mass is 9.90. The number of imidazole rings is 1. The standard InChI is InChI=1S/C14H18Cl2N2/c1-4-14(2,3)9-18-11-7-5-6-10(16)13(11)17-12(18)8-15/h5-7H,4,8-9H2,1-3H3. The van der Waals surface area contributed by atoms with Crippen LogP contribution in [0.1, 0.15) is 33.0 Å². The zero-order valence-corrected chi connectivity index (χ0v) is 12.5. The Morgan fingerprint density at radius 3 is 2.67 bits per heavy atom. The lowest BCUT2D eigenvalue weighted by Gasteiger charge is -2.24. The van der Waals surface area contributed by atoms with Crippen molar-refractivity contribution in [1.29, 1.82) is 0 Å². The zero-order valence-electron chi connectivity index (χ0n) is 11.0. The molecule has 18 heavy (non-hydrogen) atoms. The van der Waals surface area contributed by atoms with Gasteiger partial charge in [-0.15, -0.1) is 11.6 Å². The van der Waals surface area contributed by atoms with Gasteiger partial charge >= 0.3 is 0 Å². The van der Waals surface area contributed by atoms with E-state index < -0.39 is 0 Å². The second kappa shape index (κ2) is 5.10. The molecule has 1 aromatic heterocycles. The molecule has 0 saturated heterocycles. The lowest BCUT2D eigenvalue weighted by molar-refractivity contribution is 0.295. The van der Waals surface area contributed by atoms with Crippen LogP contribution in [0.2, 0.25) is 5.02 Å². The topological polar surface area (TPSA) is 17.8 Å². The van der Waals surface area contributed by atoms with Crippen molar-refractivity contribution in [1.82, 2.24) is 9.55 Å². The van der Waals surface area contributed by atoms with E-state index >= 15 is 0 Å². The van der Waals surface area contributed by atoms with E-state index in [2.05, 4.69) is 36.4 Å². The van der Waals surface area contributed by atoms with Crippen LogP contribution in [0, 0.1) is 5.41 Å². The van der Waals surface area contributed by atoms with Crippen LogP contribution in [-0.2, 0) is 12.4 Å². The first-order valence-electron chi connectivity index (χ1n) is 6.18. The molecule has 1 heterocycles. The molecule has 0 atom stereocenters. The monoisotopic (exact) mass is 284 g/mol. The van der Waals surface area contributed by atoms with Crippen LogP contribution < -0.4 is 0 Å². The zero-order chi connectivity index (χ0) is 13.3. The maximum absolute atomic E-state index is 6.19. The summed E-state index contributed by atoms with van der Waals surface area (Å²) in [5.74, 6) is 1.30. The summed E-state index contributed by atoms with van der Waals surface area (Å²) in [5.41, 5.74) is 2.14. The van der Waals surface area contributed by atoms with Crippen molar-refractivity contribution in [2.24, 2.45) is 5.41 Å². The number of halogens is 2. The Labute approximate surface area is 118 Å². The normalized spacial score (nSPS) is 12.3. The minimum Gasteiger partial charge on any atom is -0.326 e. The molecule has 0 unspecified atom stereocenters. The van der Waals surface area contributed by atoms with E-state index in [0.29, 0.717) is 10.9 Å². The Morgan fingerprint density at radius 2 is 2.06 bits per heavy atom. The first kappa shape index (κ1) is 13.7. The predicted molar refractivity (Wildman–Crippen MR) is 78.4 cm³/mol. The van der Waals surface area contributed by atoms with Gasteiger partial charge in [0.15, 0.2) is 0 Å². The van der Waals surface area contributed by atoms with Crippen LogP contribution in [0.25, 0.3) is 11.0 Å². The molecule has 0 spiro atoms. The molecule has 0 aliphatic carbocycles. The van der Waals surface area contributed by atoms with Gasteiger partial charge in [0, 0.05) is 6.54 Å². The molecule has 2 rings (SSSR count). The van der Waals surface area contributed by atoms with E-state index in [1.807, 2.05) is 12.1 Å². The molecule has 0 aliphatic rings. The summed E-state index contributed by atoms with van der Waals surface area (Å²) in [7, 11) is 0. The molecule has 0 aliphatic heterocycles. The second-order valence-corrected chi connectivity index (χ2v) is 6.05. The summed E-state index contributed by atoms with van der Waals surface area (Å²) < 4.78 is 2.19. The van der Waals surface area contributed by atoms with Gasteiger partial charge in [0.1, 0.15) is 11.3 Å². The van der Waals surface area contributed by atoms with Crippen molar-refractivity contribution in [2.45, 2.75) is 39.6 Å². The summed E-state index contributed by atoms with van der Waals surface area (Å²) in [4.78, 5) is 4.55. The van der Waals surface area contributed by atoms with E-state index in [1.54, 1.807) is 0 Å². The highest BCUT2D eigenvalue weighted by Gasteiger charge is 2.20. The third-order valence-corrected chi connectivity index (χ3v) is 4.02. The first-order chi connectivity index (χ1) is 8.48. The quantitative estimate of drug-likeness (QED) is 0.733. The van der Waals surface area contributed by atoms with Crippen LogP contribution >= 0.6 is 23.2 Å². The van der Waals surface area contributed by atoms with Crippen LogP contribution in [0.15, 0.2) is 18.2 Å². The van der Waals surface area contributed by atoms with E-state index in [4.69, 9.17) is 23.2 Å². The molecule has 0 bridgehead atoms. The number of fused-ring (bicyclic) bond motifs is 1. The fourth-order valence-corrected chi connectivity index (χ4v) is 2.40. The highest BCUT2D eigenvalue weighted by Crippen LogP contribution is 2.29. The minimum atomic E-state index is 0.219. The van der Waals surface area contributed by atoms with Gasteiger partial charge in [-0.3, -0.25) is 0 Å². The van der Waals surface area contributed by atoms with Gasteiger partial charge in [0.05, 0.1) is 16.4 Å². The van der Waals surface area contributed by atoms with Gasteiger partial charge in [-0.25, -0.2) is 4.98 Å². The number of hydrogen-bond donors (Lipinski definition) is 0. The van der Waals surface area contributed by atoms with E-state index in [1.165, 1.54) is 0 Å². The van der Waals surface area contributed by atoms with Crippen molar-refractivity contribution in [3.8, 4) is 0 Å². The highest BCUT2D eigenvalue weighted by molar-refractivity contribution is 6.35. The second-order valence-electron chi connectivity index (χ2n) is 5.37. The fraction of sp³-hybridized carbons (Fsp3) is 0.500. The molecule has 0 saturated carbocycles. The molecule has 2 nitrogen and oxygen atoms in total. The highest BCUT2D eigenvalue weighted by atomic mass is 35.5. The number of aromatic nitrogens is 2. The average molecular weight is 285 g/mol.